The van der Waals surface area contributed by atoms with Crippen molar-refractivity contribution in [2.75, 3.05) is 13.2 Å². The van der Waals surface area contributed by atoms with Gasteiger partial charge in [0.1, 0.15) is 0 Å². The lowest BCUT2D eigenvalue weighted by atomic mass is 10.1. The summed E-state index contributed by atoms with van der Waals surface area (Å²) in [4.78, 5) is 0. The summed E-state index contributed by atoms with van der Waals surface area (Å²) in [5, 5.41) is 0. The predicted molar refractivity (Wildman–Crippen MR) is 114 cm³/mol. The summed E-state index contributed by atoms with van der Waals surface area (Å²) in [5.74, 6) is 0. The van der Waals surface area contributed by atoms with E-state index >= 15 is 0 Å². The van der Waals surface area contributed by atoms with Crippen LogP contribution in [-0.4, -0.2) is 25.4 Å². The average Bonchev–Trinajstić information content (AvgIpc) is 3.55. The van der Waals surface area contributed by atoms with E-state index in [0.29, 0.717) is 12.2 Å². The monoisotopic (exact) mass is 368 g/mol. The van der Waals surface area contributed by atoms with Gasteiger partial charge in [-0.25, -0.2) is 0 Å². The number of hydrogen-bond acceptors (Lipinski definition) is 2. The van der Waals surface area contributed by atoms with Crippen molar-refractivity contribution in [3.63, 3.8) is 0 Å². The number of epoxide rings is 2. The summed E-state index contributed by atoms with van der Waals surface area (Å²) in [5.41, 5.74) is 0. The van der Waals surface area contributed by atoms with Crippen molar-refractivity contribution in [3.8, 4) is 0 Å². The molecule has 0 aromatic heterocycles. The van der Waals surface area contributed by atoms with E-state index in [1.807, 2.05) is 0 Å². The van der Waals surface area contributed by atoms with Crippen LogP contribution in [0.5, 0.6) is 0 Å². The summed E-state index contributed by atoms with van der Waals surface area (Å²) >= 11 is 0. The molecule has 0 radical (unpaired) electrons. The van der Waals surface area contributed by atoms with Crippen molar-refractivity contribution in [2.45, 2.75) is 142 Å². The molecule has 0 spiro atoms. The fourth-order valence-corrected chi connectivity index (χ4v) is 3.48. The van der Waals surface area contributed by atoms with Crippen LogP contribution in [0.3, 0.4) is 0 Å². The van der Waals surface area contributed by atoms with Crippen molar-refractivity contribution in [1.82, 2.24) is 0 Å². The topological polar surface area (TPSA) is 25.1 Å². The van der Waals surface area contributed by atoms with Gasteiger partial charge >= 0.3 is 0 Å². The second-order valence-electron chi connectivity index (χ2n) is 8.44. The van der Waals surface area contributed by atoms with Crippen LogP contribution in [0, 0.1) is 0 Å². The third-order valence-electron chi connectivity index (χ3n) is 5.56. The second kappa shape index (κ2) is 18.3. The minimum Gasteiger partial charge on any atom is -0.373 e. The molecule has 2 saturated heterocycles. The highest BCUT2D eigenvalue weighted by Gasteiger charge is 2.21. The molecule has 2 atom stereocenters. The molecule has 0 amide bonds. The van der Waals surface area contributed by atoms with E-state index in [2.05, 4.69) is 13.8 Å². The van der Waals surface area contributed by atoms with E-state index < -0.39 is 0 Å². The molecule has 2 nitrogen and oxygen atoms in total. The number of hydrogen-bond donors (Lipinski definition) is 0. The third kappa shape index (κ3) is 18.7. The molecule has 2 aliphatic rings. The minimum absolute atomic E-state index is 0.653. The Kier molecular flexibility index (Phi) is 16.9. The Morgan fingerprint density at radius 3 is 1.00 bits per heavy atom. The van der Waals surface area contributed by atoms with Crippen LogP contribution in [-0.2, 0) is 9.47 Å². The highest BCUT2D eigenvalue weighted by Crippen LogP contribution is 2.19. The van der Waals surface area contributed by atoms with E-state index in [1.54, 1.807) is 0 Å². The van der Waals surface area contributed by atoms with Gasteiger partial charge in [-0.2, -0.15) is 0 Å². The molecular weight excluding hydrogens is 320 g/mol. The molecule has 0 saturated carbocycles. The van der Waals surface area contributed by atoms with Crippen LogP contribution in [0.1, 0.15) is 129 Å². The van der Waals surface area contributed by atoms with Gasteiger partial charge in [-0.1, -0.05) is 117 Å². The van der Waals surface area contributed by atoms with Gasteiger partial charge in [-0.05, 0) is 12.8 Å². The molecule has 0 aliphatic carbocycles. The Bertz CT molecular complexity index is 243. The second-order valence-corrected chi connectivity index (χ2v) is 8.44. The maximum Gasteiger partial charge on any atom is 0.0810 e. The van der Waals surface area contributed by atoms with Crippen LogP contribution >= 0.6 is 0 Å². The van der Waals surface area contributed by atoms with Gasteiger partial charge in [-0.3, -0.25) is 0 Å². The quantitative estimate of drug-likeness (QED) is 0.182. The summed E-state index contributed by atoms with van der Waals surface area (Å²) in [6.45, 7) is 6.62. The summed E-state index contributed by atoms with van der Waals surface area (Å²) in [6.07, 6.45) is 26.7. The Morgan fingerprint density at radius 1 is 0.462 bits per heavy atom. The Labute approximate surface area is 164 Å². The van der Waals surface area contributed by atoms with E-state index in [1.165, 1.54) is 116 Å². The van der Waals surface area contributed by atoms with Crippen molar-refractivity contribution in [1.29, 1.82) is 0 Å². The Balaban J connectivity index is 0.000000260. The molecule has 2 fully saturated rings. The first-order chi connectivity index (χ1) is 12.9. The zero-order valence-electron chi connectivity index (χ0n) is 18.1. The highest BCUT2D eigenvalue weighted by atomic mass is 16.6. The lowest BCUT2D eigenvalue weighted by Crippen LogP contribution is -1.85. The summed E-state index contributed by atoms with van der Waals surface area (Å²) in [7, 11) is 0. The third-order valence-corrected chi connectivity index (χ3v) is 5.56. The van der Waals surface area contributed by atoms with E-state index in [9.17, 15) is 0 Å². The van der Waals surface area contributed by atoms with Crippen LogP contribution in [0.15, 0.2) is 0 Å². The number of ether oxygens (including phenoxy) is 2. The average molecular weight is 369 g/mol. The van der Waals surface area contributed by atoms with E-state index in [-0.39, 0.29) is 0 Å². The molecule has 2 unspecified atom stereocenters. The molecule has 0 bridgehead atoms. The van der Waals surface area contributed by atoms with Crippen LogP contribution in [0.25, 0.3) is 0 Å². The van der Waals surface area contributed by atoms with E-state index in [4.69, 9.17) is 9.47 Å². The standard InChI is InChI=1S/2C12H24O/c2*1-2-3-4-5-6-7-8-9-10-12-11-13-12/h2*12H,2-11H2,1H3. The minimum atomic E-state index is 0.653. The van der Waals surface area contributed by atoms with Gasteiger partial charge in [0.05, 0.1) is 25.4 Å². The van der Waals surface area contributed by atoms with Crippen LogP contribution in [0.4, 0.5) is 0 Å². The number of unbranched alkanes of at least 4 members (excludes halogenated alkanes) is 14. The van der Waals surface area contributed by atoms with Gasteiger partial charge in [0.2, 0.25) is 0 Å². The van der Waals surface area contributed by atoms with Crippen molar-refractivity contribution >= 4 is 0 Å². The molecule has 2 rings (SSSR count). The molecule has 0 aromatic carbocycles. The molecule has 2 heteroatoms. The lowest BCUT2D eigenvalue weighted by Gasteiger charge is -1.99. The Morgan fingerprint density at radius 2 is 0.731 bits per heavy atom. The molecule has 0 aromatic rings. The van der Waals surface area contributed by atoms with Gasteiger partial charge in [0, 0.05) is 0 Å². The first kappa shape index (κ1) is 24.0. The molecule has 156 valence electrons. The fraction of sp³-hybridized carbons (Fsp3) is 1.00. The van der Waals surface area contributed by atoms with Crippen molar-refractivity contribution in [3.05, 3.63) is 0 Å². The molecular formula is C24H48O2. The normalized spacial score (nSPS) is 20.5. The largest absolute Gasteiger partial charge is 0.373 e. The predicted octanol–water partition coefficient (Wildman–Crippen LogP) is 7.83. The first-order valence-corrected chi connectivity index (χ1v) is 12.1. The zero-order chi connectivity index (χ0) is 18.7. The molecule has 2 aliphatic heterocycles. The maximum atomic E-state index is 5.17. The van der Waals surface area contributed by atoms with E-state index in [0.717, 1.165) is 13.2 Å². The molecule has 2 heterocycles. The van der Waals surface area contributed by atoms with Gasteiger partial charge in [0.25, 0.3) is 0 Å². The number of rotatable bonds is 18. The van der Waals surface area contributed by atoms with Crippen LogP contribution < -0.4 is 0 Å². The first-order valence-electron chi connectivity index (χ1n) is 12.1. The zero-order valence-corrected chi connectivity index (χ0v) is 18.1. The van der Waals surface area contributed by atoms with Gasteiger partial charge < -0.3 is 9.47 Å². The lowest BCUT2D eigenvalue weighted by molar-refractivity contribution is 0.387. The van der Waals surface area contributed by atoms with Gasteiger partial charge in [0.15, 0.2) is 0 Å². The van der Waals surface area contributed by atoms with Crippen molar-refractivity contribution in [2.24, 2.45) is 0 Å². The highest BCUT2D eigenvalue weighted by molar-refractivity contribution is 4.68. The Hall–Kier alpha value is -0.0800. The fourth-order valence-electron chi connectivity index (χ4n) is 3.48. The summed E-state index contributed by atoms with van der Waals surface area (Å²) < 4.78 is 10.3. The smallest absolute Gasteiger partial charge is 0.0810 e. The van der Waals surface area contributed by atoms with Crippen LogP contribution in [0.2, 0.25) is 0 Å². The summed E-state index contributed by atoms with van der Waals surface area (Å²) in [6, 6.07) is 0. The van der Waals surface area contributed by atoms with Crippen molar-refractivity contribution < 1.29 is 9.47 Å². The maximum absolute atomic E-state index is 5.17. The van der Waals surface area contributed by atoms with Gasteiger partial charge in [-0.15, -0.1) is 0 Å². The SMILES string of the molecule is CCCCCCCCCCC1CO1.CCCCCCCCCCC1CO1. The molecule has 0 N–H and O–H groups in total. The molecule has 26 heavy (non-hydrogen) atoms.